The number of benzene rings is 1. The minimum atomic E-state index is 0.116. The number of carbonyl (C=O) groups excluding carboxylic acids is 1. The van der Waals surface area contributed by atoms with Gasteiger partial charge in [-0.1, -0.05) is 32.9 Å². The van der Waals surface area contributed by atoms with E-state index >= 15 is 0 Å². The van der Waals surface area contributed by atoms with E-state index in [9.17, 15) is 4.79 Å². The Morgan fingerprint density at radius 3 is 2.94 bits per heavy atom. The quantitative estimate of drug-likeness (QED) is 0.815. The molecule has 0 aromatic heterocycles. The largest absolute Gasteiger partial charge is 0.493 e. The summed E-state index contributed by atoms with van der Waals surface area (Å²) in [5, 5.41) is 0. The number of ketones is 1. The Hall–Kier alpha value is -1.31. The molecule has 3 rings (SSSR count). The first-order valence-corrected chi connectivity index (χ1v) is 6.84. The Morgan fingerprint density at radius 1 is 1.44 bits per heavy atom. The number of rotatable bonds is 3. The topological polar surface area (TPSA) is 26.3 Å². The molecule has 18 heavy (non-hydrogen) atoms. The highest BCUT2D eigenvalue weighted by Gasteiger charge is 2.61. The molecule has 1 aliphatic carbocycles. The molecule has 0 N–H and O–H groups in total. The monoisotopic (exact) mass is 244 g/mol. The summed E-state index contributed by atoms with van der Waals surface area (Å²) in [5.74, 6) is 2.02. The van der Waals surface area contributed by atoms with Crippen LogP contribution >= 0.6 is 0 Å². The van der Waals surface area contributed by atoms with Gasteiger partial charge in [-0.3, -0.25) is 4.79 Å². The molecule has 1 aromatic carbocycles. The first-order valence-electron chi connectivity index (χ1n) is 6.84. The SMILES string of the molecule is CCC(=O)C1C(c2cccc3c2CCO3)C1(C)C. The summed E-state index contributed by atoms with van der Waals surface area (Å²) in [5.41, 5.74) is 2.80. The van der Waals surface area contributed by atoms with Gasteiger partial charge in [0.05, 0.1) is 6.61 Å². The Bertz CT molecular complexity index is 502. The van der Waals surface area contributed by atoms with Crippen molar-refractivity contribution in [2.24, 2.45) is 11.3 Å². The van der Waals surface area contributed by atoms with Crippen molar-refractivity contribution in [3.63, 3.8) is 0 Å². The fraction of sp³-hybridized carbons (Fsp3) is 0.562. The summed E-state index contributed by atoms with van der Waals surface area (Å²) in [6.45, 7) is 7.18. The third kappa shape index (κ3) is 1.51. The van der Waals surface area contributed by atoms with E-state index in [0.29, 0.717) is 18.1 Å². The lowest BCUT2D eigenvalue weighted by molar-refractivity contribution is -0.120. The zero-order valence-corrected chi connectivity index (χ0v) is 11.3. The van der Waals surface area contributed by atoms with Crippen LogP contribution in [0.15, 0.2) is 18.2 Å². The second-order valence-electron chi connectivity index (χ2n) is 6.02. The molecule has 0 spiro atoms. The van der Waals surface area contributed by atoms with E-state index in [-0.39, 0.29) is 11.3 Å². The highest BCUT2D eigenvalue weighted by molar-refractivity contribution is 5.86. The summed E-state index contributed by atoms with van der Waals surface area (Å²) < 4.78 is 5.62. The number of hydrogen-bond donors (Lipinski definition) is 0. The number of carbonyl (C=O) groups is 1. The maximum atomic E-state index is 12.0. The van der Waals surface area contributed by atoms with Crippen molar-refractivity contribution in [1.29, 1.82) is 0 Å². The van der Waals surface area contributed by atoms with Crippen LogP contribution in [0.2, 0.25) is 0 Å². The highest BCUT2D eigenvalue weighted by atomic mass is 16.5. The Balaban J connectivity index is 1.98. The van der Waals surface area contributed by atoms with Crippen LogP contribution in [0.25, 0.3) is 0 Å². The second kappa shape index (κ2) is 3.84. The minimum absolute atomic E-state index is 0.116. The van der Waals surface area contributed by atoms with Crippen LogP contribution in [-0.4, -0.2) is 12.4 Å². The molecule has 0 amide bonds. The average molecular weight is 244 g/mol. The lowest BCUT2D eigenvalue weighted by Gasteiger charge is -2.08. The molecule has 0 radical (unpaired) electrons. The first-order chi connectivity index (χ1) is 8.57. The molecule has 2 aliphatic rings. The van der Waals surface area contributed by atoms with Crippen LogP contribution in [-0.2, 0) is 11.2 Å². The van der Waals surface area contributed by atoms with Gasteiger partial charge in [-0.25, -0.2) is 0 Å². The molecule has 2 heteroatoms. The number of hydrogen-bond acceptors (Lipinski definition) is 2. The van der Waals surface area contributed by atoms with Gasteiger partial charge in [-0.05, 0) is 17.0 Å². The Morgan fingerprint density at radius 2 is 2.22 bits per heavy atom. The molecule has 0 bridgehead atoms. The van der Waals surface area contributed by atoms with Crippen molar-refractivity contribution in [2.45, 2.75) is 39.5 Å². The van der Waals surface area contributed by atoms with E-state index in [1.165, 1.54) is 11.1 Å². The van der Waals surface area contributed by atoms with Gasteiger partial charge >= 0.3 is 0 Å². The summed E-state index contributed by atoms with van der Waals surface area (Å²) >= 11 is 0. The Kier molecular flexibility index (Phi) is 2.51. The third-order valence-electron chi connectivity index (χ3n) is 4.64. The predicted octanol–water partition coefficient (Wildman–Crippen LogP) is 3.34. The lowest BCUT2D eigenvalue weighted by Crippen LogP contribution is -2.03. The van der Waals surface area contributed by atoms with E-state index in [0.717, 1.165) is 18.8 Å². The van der Waals surface area contributed by atoms with E-state index in [1.54, 1.807) is 0 Å². The standard InChI is InChI=1S/C16H20O2/c1-4-12(17)15-14(16(15,2)3)11-6-5-7-13-10(11)8-9-18-13/h5-7,14-15H,4,8-9H2,1-3H3. The molecule has 0 saturated heterocycles. The van der Waals surface area contributed by atoms with Crippen LogP contribution in [0.4, 0.5) is 0 Å². The average Bonchev–Trinajstić information content (AvgIpc) is 2.75. The van der Waals surface area contributed by atoms with Crippen molar-refractivity contribution in [3.05, 3.63) is 29.3 Å². The molecule has 2 atom stereocenters. The van der Waals surface area contributed by atoms with Gasteiger partial charge in [-0.2, -0.15) is 0 Å². The fourth-order valence-corrected chi connectivity index (χ4v) is 3.58. The predicted molar refractivity (Wildman–Crippen MR) is 71.0 cm³/mol. The molecule has 1 aromatic rings. The molecule has 1 aliphatic heterocycles. The van der Waals surface area contributed by atoms with Gasteiger partial charge in [-0.15, -0.1) is 0 Å². The van der Waals surface area contributed by atoms with Crippen molar-refractivity contribution in [2.75, 3.05) is 6.61 Å². The van der Waals surface area contributed by atoms with Crippen LogP contribution in [0.5, 0.6) is 5.75 Å². The van der Waals surface area contributed by atoms with Crippen molar-refractivity contribution >= 4 is 5.78 Å². The molecule has 2 nitrogen and oxygen atoms in total. The van der Waals surface area contributed by atoms with Gasteiger partial charge in [0.15, 0.2) is 0 Å². The van der Waals surface area contributed by atoms with E-state index < -0.39 is 0 Å². The zero-order chi connectivity index (χ0) is 12.9. The lowest BCUT2D eigenvalue weighted by atomic mass is 9.96. The smallest absolute Gasteiger partial charge is 0.136 e. The van der Waals surface area contributed by atoms with Crippen LogP contribution in [0, 0.1) is 11.3 Å². The first kappa shape index (κ1) is 11.8. The molecule has 1 fully saturated rings. The summed E-state index contributed by atoms with van der Waals surface area (Å²) in [6, 6.07) is 6.28. The Labute approximate surface area is 108 Å². The molecule has 2 unspecified atom stereocenters. The van der Waals surface area contributed by atoms with Gasteiger partial charge < -0.3 is 4.74 Å². The van der Waals surface area contributed by atoms with E-state index in [4.69, 9.17) is 4.74 Å². The second-order valence-corrected chi connectivity index (χ2v) is 6.02. The van der Waals surface area contributed by atoms with E-state index in [1.807, 2.05) is 13.0 Å². The molecule has 1 heterocycles. The van der Waals surface area contributed by atoms with Gasteiger partial charge in [0.25, 0.3) is 0 Å². The third-order valence-corrected chi connectivity index (χ3v) is 4.64. The fourth-order valence-electron chi connectivity index (χ4n) is 3.58. The van der Waals surface area contributed by atoms with Gasteiger partial charge in [0.1, 0.15) is 11.5 Å². The molecular weight excluding hydrogens is 224 g/mol. The number of ether oxygens (including phenoxy) is 1. The van der Waals surface area contributed by atoms with Crippen LogP contribution in [0.3, 0.4) is 0 Å². The summed E-state index contributed by atoms with van der Waals surface area (Å²) in [4.78, 5) is 12.0. The molecular formula is C16H20O2. The highest BCUT2D eigenvalue weighted by Crippen LogP contribution is 2.66. The van der Waals surface area contributed by atoms with Crippen LogP contribution < -0.4 is 4.74 Å². The van der Waals surface area contributed by atoms with Crippen molar-refractivity contribution < 1.29 is 9.53 Å². The maximum Gasteiger partial charge on any atom is 0.136 e. The van der Waals surface area contributed by atoms with Gasteiger partial charge in [0.2, 0.25) is 0 Å². The van der Waals surface area contributed by atoms with Crippen molar-refractivity contribution in [3.8, 4) is 5.75 Å². The van der Waals surface area contributed by atoms with E-state index in [2.05, 4.69) is 26.0 Å². The van der Waals surface area contributed by atoms with Gasteiger partial charge in [0, 0.05) is 30.2 Å². The number of Topliss-reactive ketones (excluding diaryl/α,β-unsaturated/α-hetero) is 1. The van der Waals surface area contributed by atoms with Crippen LogP contribution in [0.1, 0.15) is 44.2 Å². The number of fused-ring (bicyclic) bond motifs is 1. The summed E-state index contributed by atoms with van der Waals surface area (Å²) in [7, 11) is 0. The molecule has 1 saturated carbocycles. The summed E-state index contributed by atoms with van der Waals surface area (Å²) in [6.07, 6.45) is 1.64. The minimum Gasteiger partial charge on any atom is -0.493 e. The maximum absolute atomic E-state index is 12.0. The normalized spacial score (nSPS) is 27.5. The zero-order valence-electron chi connectivity index (χ0n) is 11.3. The molecule has 96 valence electrons. The van der Waals surface area contributed by atoms with Crippen molar-refractivity contribution in [1.82, 2.24) is 0 Å².